The number of carbonyl (C=O) groups is 2. The van der Waals surface area contributed by atoms with Crippen LogP contribution in [0.1, 0.15) is 31.0 Å². The summed E-state index contributed by atoms with van der Waals surface area (Å²) in [6.07, 6.45) is 2.19. The predicted molar refractivity (Wildman–Crippen MR) is 139 cm³/mol. The van der Waals surface area contributed by atoms with E-state index in [0.29, 0.717) is 6.54 Å². The van der Waals surface area contributed by atoms with Gasteiger partial charge in [-0.25, -0.2) is 5.43 Å². The normalized spacial score (nSPS) is 30.2. The third-order valence-electron chi connectivity index (χ3n) is 8.61. The summed E-state index contributed by atoms with van der Waals surface area (Å²) in [6.45, 7) is 2.37. The van der Waals surface area contributed by atoms with Crippen molar-refractivity contribution in [3.05, 3.63) is 54.1 Å². The number of carbonyl (C=O) groups excluding carboxylic acids is 1. The number of ether oxygens (including phenoxy) is 1. The molecule has 1 amide bonds. The van der Waals surface area contributed by atoms with Crippen LogP contribution in [0, 0.1) is 17.3 Å². The maximum atomic E-state index is 12.8. The van der Waals surface area contributed by atoms with Crippen molar-refractivity contribution in [1.29, 1.82) is 0 Å². The lowest BCUT2D eigenvalue weighted by Gasteiger charge is -2.46. The van der Waals surface area contributed by atoms with Gasteiger partial charge >= 0.3 is 5.97 Å². The Morgan fingerprint density at radius 2 is 1.86 bits per heavy atom. The van der Waals surface area contributed by atoms with Crippen molar-refractivity contribution >= 4 is 23.3 Å². The average Bonchev–Trinajstić information content (AvgIpc) is 3.63. The fourth-order valence-electron chi connectivity index (χ4n) is 6.36. The SMILES string of the molecule is COc1ccccc1C1NC2CNNC(=O)C2C(Nc2ccc(N3CCC4(CC3)CC4C(=O)O)cc2)N1. The lowest BCUT2D eigenvalue weighted by Crippen LogP contribution is -2.71. The number of hydrogen-bond donors (Lipinski definition) is 6. The first-order chi connectivity index (χ1) is 18.0. The lowest BCUT2D eigenvalue weighted by molar-refractivity contribution is -0.139. The zero-order valence-corrected chi connectivity index (χ0v) is 20.9. The number of aliphatic carboxylic acids is 1. The second-order valence-electron chi connectivity index (χ2n) is 10.6. The Hall–Kier alpha value is -3.34. The van der Waals surface area contributed by atoms with E-state index in [0.717, 1.165) is 55.0 Å². The first-order valence-electron chi connectivity index (χ1n) is 13.0. The zero-order valence-electron chi connectivity index (χ0n) is 20.9. The van der Waals surface area contributed by atoms with Gasteiger partial charge in [-0.1, -0.05) is 18.2 Å². The summed E-state index contributed by atoms with van der Waals surface area (Å²) in [6, 6.07) is 16.1. The number of amides is 1. The highest BCUT2D eigenvalue weighted by Gasteiger charge is 2.58. The number of fused-ring (bicyclic) bond motifs is 1. The molecule has 0 aromatic heterocycles. The van der Waals surface area contributed by atoms with Crippen molar-refractivity contribution in [2.24, 2.45) is 17.3 Å². The van der Waals surface area contributed by atoms with E-state index in [-0.39, 0.29) is 41.5 Å². The Morgan fingerprint density at radius 3 is 2.57 bits per heavy atom. The molecule has 1 spiro atoms. The number of carboxylic acids is 1. The van der Waals surface area contributed by atoms with E-state index >= 15 is 0 Å². The van der Waals surface area contributed by atoms with Crippen LogP contribution in [-0.2, 0) is 9.59 Å². The van der Waals surface area contributed by atoms with Gasteiger partial charge in [0.05, 0.1) is 31.3 Å². The molecular weight excluding hydrogens is 472 g/mol. The van der Waals surface area contributed by atoms with Crippen LogP contribution in [0.5, 0.6) is 5.75 Å². The van der Waals surface area contributed by atoms with Crippen LogP contribution < -0.4 is 36.4 Å². The first-order valence-corrected chi connectivity index (χ1v) is 13.0. The van der Waals surface area contributed by atoms with Crippen LogP contribution in [-0.4, -0.2) is 55.9 Å². The molecule has 4 aliphatic rings. The van der Waals surface area contributed by atoms with E-state index in [1.165, 1.54) is 0 Å². The van der Waals surface area contributed by atoms with E-state index in [1.807, 2.05) is 36.4 Å². The fourth-order valence-corrected chi connectivity index (χ4v) is 6.36. The third-order valence-corrected chi connectivity index (χ3v) is 8.61. The minimum atomic E-state index is -0.645. The Morgan fingerprint density at radius 1 is 1.11 bits per heavy atom. The average molecular weight is 507 g/mol. The molecule has 37 heavy (non-hydrogen) atoms. The first kappa shape index (κ1) is 24.0. The van der Waals surface area contributed by atoms with Crippen molar-refractivity contribution in [2.45, 2.75) is 37.6 Å². The lowest BCUT2D eigenvalue weighted by atomic mass is 9.89. The molecule has 0 bridgehead atoms. The molecule has 3 saturated heterocycles. The van der Waals surface area contributed by atoms with Gasteiger partial charge in [0.2, 0.25) is 5.91 Å². The van der Waals surface area contributed by atoms with Gasteiger partial charge in [-0.15, -0.1) is 0 Å². The fraction of sp³-hybridized carbons (Fsp3) is 0.481. The maximum Gasteiger partial charge on any atom is 0.307 e. The highest BCUT2D eigenvalue weighted by molar-refractivity contribution is 5.81. The van der Waals surface area contributed by atoms with Crippen LogP contribution in [0.4, 0.5) is 11.4 Å². The zero-order chi connectivity index (χ0) is 25.6. The van der Waals surface area contributed by atoms with Crippen LogP contribution >= 0.6 is 0 Å². The Labute approximate surface area is 216 Å². The number of nitrogens with zero attached hydrogens (tertiary/aromatic N) is 1. The topological polar surface area (TPSA) is 127 Å². The van der Waals surface area contributed by atoms with Crippen LogP contribution in [0.3, 0.4) is 0 Å². The van der Waals surface area contributed by atoms with E-state index in [2.05, 4.69) is 43.8 Å². The molecule has 6 rings (SSSR count). The monoisotopic (exact) mass is 506 g/mol. The molecule has 2 aromatic carbocycles. The molecule has 0 radical (unpaired) electrons. The molecule has 1 saturated carbocycles. The van der Waals surface area contributed by atoms with Gasteiger partial charge in [-0.05, 0) is 55.0 Å². The largest absolute Gasteiger partial charge is 0.496 e. The van der Waals surface area contributed by atoms with Gasteiger partial charge in [0.15, 0.2) is 0 Å². The van der Waals surface area contributed by atoms with Crippen molar-refractivity contribution in [1.82, 2.24) is 21.5 Å². The molecule has 5 unspecified atom stereocenters. The Kier molecular flexibility index (Phi) is 6.18. The summed E-state index contributed by atoms with van der Waals surface area (Å²) in [5.74, 6) is -0.398. The van der Waals surface area contributed by atoms with Gasteiger partial charge < -0.3 is 20.1 Å². The minimum absolute atomic E-state index is 0.0223. The molecule has 10 nitrogen and oxygen atoms in total. The number of anilines is 2. The number of benzene rings is 2. The molecule has 5 atom stereocenters. The number of nitrogens with one attached hydrogen (secondary N) is 5. The van der Waals surface area contributed by atoms with E-state index in [4.69, 9.17) is 4.74 Å². The molecule has 3 heterocycles. The summed E-state index contributed by atoms with van der Waals surface area (Å²) in [5.41, 5.74) is 8.83. The molecule has 196 valence electrons. The van der Waals surface area contributed by atoms with Crippen LogP contribution in [0.15, 0.2) is 48.5 Å². The number of para-hydroxylation sites is 1. The van der Waals surface area contributed by atoms with Gasteiger partial charge in [-0.3, -0.25) is 25.6 Å². The number of methoxy groups -OCH3 is 1. The molecule has 4 fully saturated rings. The number of piperidine rings is 1. The highest BCUT2D eigenvalue weighted by atomic mass is 16.5. The summed E-state index contributed by atoms with van der Waals surface area (Å²) in [5, 5.41) is 20.1. The van der Waals surface area contributed by atoms with Crippen LogP contribution in [0.25, 0.3) is 0 Å². The summed E-state index contributed by atoms with van der Waals surface area (Å²) < 4.78 is 5.59. The molecule has 6 N–H and O–H groups in total. The number of rotatable bonds is 6. The molecule has 3 aliphatic heterocycles. The maximum absolute atomic E-state index is 12.8. The van der Waals surface area contributed by atoms with Crippen molar-refractivity contribution in [3.8, 4) is 5.75 Å². The number of hydrazine groups is 1. The summed E-state index contributed by atoms with van der Waals surface area (Å²) in [7, 11) is 1.66. The molecule has 1 aliphatic carbocycles. The number of carboxylic acid groups (broad SMARTS) is 1. The van der Waals surface area contributed by atoms with Crippen LogP contribution in [0.2, 0.25) is 0 Å². The Bertz CT molecular complexity index is 1170. The minimum Gasteiger partial charge on any atom is -0.496 e. The molecule has 2 aromatic rings. The quantitative estimate of drug-likeness (QED) is 0.347. The molecule has 10 heteroatoms. The number of hydrogen-bond acceptors (Lipinski definition) is 8. The summed E-state index contributed by atoms with van der Waals surface area (Å²) in [4.78, 5) is 26.5. The molecular formula is C27H34N6O4. The van der Waals surface area contributed by atoms with E-state index in [9.17, 15) is 14.7 Å². The second-order valence-corrected chi connectivity index (χ2v) is 10.6. The van der Waals surface area contributed by atoms with E-state index < -0.39 is 5.97 Å². The predicted octanol–water partition coefficient (Wildman–Crippen LogP) is 1.64. The van der Waals surface area contributed by atoms with Gasteiger partial charge in [0, 0.05) is 42.6 Å². The van der Waals surface area contributed by atoms with Gasteiger partial charge in [0.1, 0.15) is 5.75 Å². The van der Waals surface area contributed by atoms with Crippen molar-refractivity contribution < 1.29 is 19.4 Å². The van der Waals surface area contributed by atoms with Crippen molar-refractivity contribution in [3.63, 3.8) is 0 Å². The standard InChI is InChI=1S/C27H34N6O4/c1-37-21-5-3-2-4-18(21)23-30-20-15-28-32-25(34)22(20)24(31-23)29-16-6-8-17(9-7-16)33-12-10-27(11-13-33)14-19(27)26(35)36/h2-9,19-20,22-24,28-31H,10-15H2,1H3,(H,32,34)(H,35,36). The second kappa shape index (κ2) is 9.51. The van der Waals surface area contributed by atoms with Crippen molar-refractivity contribution in [2.75, 3.05) is 37.0 Å². The Balaban J connectivity index is 1.15. The van der Waals surface area contributed by atoms with Gasteiger partial charge in [-0.2, -0.15) is 0 Å². The summed E-state index contributed by atoms with van der Waals surface area (Å²) >= 11 is 0. The van der Waals surface area contributed by atoms with E-state index in [1.54, 1.807) is 7.11 Å². The highest BCUT2D eigenvalue weighted by Crippen LogP contribution is 2.59. The van der Waals surface area contributed by atoms with Gasteiger partial charge in [0.25, 0.3) is 0 Å². The third kappa shape index (κ3) is 4.49. The smallest absolute Gasteiger partial charge is 0.307 e.